The number of halogens is 3. The van der Waals surface area contributed by atoms with E-state index in [1.807, 2.05) is 0 Å². The largest absolute Gasteiger partial charge is 0.394 e. The Morgan fingerprint density at radius 3 is 2.40 bits per heavy atom. The van der Waals surface area contributed by atoms with Gasteiger partial charge in [0.15, 0.2) is 0 Å². The number of aromatic nitrogens is 5. The fourth-order valence-electron chi connectivity index (χ4n) is 1.51. The second-order valence-corrected chi connectivity index (χ2v) is 5.13. The minimum Gasteiger partial charge on any atom is -0.252 e. The van der Waals surface area contributed by atoms with Gasteiger partial charge in [0.25, 0.3) is 0 Å². The molecule has 2 aromatic rings. The normalized spacial score (nSPS) is 12.7. The molecule has 0 aliphatic rings. The molecule has 0 aliphatic carbocycles. The van der Waals surface area contributed by atoms with Crippen LogP contribution in [0.2, 0.25) is 0 Å². The van der Waals surface area contributed by atoms with Crippen molar-refractivity contribution in [1.29, 1.82) is 0 Å². The van der Waals surface area contributed by atoms with Crippen LogP contribution in [0.15, 0.2) is 24.9 Å². The van der Waals surface area contributed by atoms with Crippen LogP contribution in [0.25, 0.3) is 11.3 Å². The van der Waals surface area contributed by atoms with E-state index in [4.69, 9.17) is 0 Å². The second kappa shape index (κ2) is 5.18. The Hall–Kier alpha value is -1.99. The zero-order valence-electron chi connectivity index (χ0n) is 11.1. The first-order valence-corrected chi connectivity index (χ1v) is 6.02. The lowest BCUT2D eigenvalue weighted by Crippen LogP contribution is -2.33. The molecule has 5 nitrogen and oxygen atoms in total. The van der Waals surface area contributed by atoms with E-state index < -0.39 is 11.6 Å². The summed E-state index contributed by atoms with van der Waals surface area (Å²) in [6, 6.07) is 0. The number of alkyl halides is 3. The molecular weight excluding hydrogens is 271 g/mol. The zero-order valence-corrected chi connectivity index (χ0v) is 11.1. The molecule has 0 N–H and O–H groups in total. The van der Waals surface area contributed by atoms with Gasteiger partial charge in [0.05, 0.1) is 11.6 Å². The summed E-state index contributed by atoms with van der Waals surface area (Å²) in [6.07, 6.45) is 1.82. The highest BCUT2D eigenvalue weighted by atomic mass is 19.4. The summed E-state index contributed by atoms with van der Waals surface area (Å²) in [7, 11) is 0. The van der Waals surface area contributed by atoms with Crippen LogP contribution in [0, 0.1) is 5.41 Å². The molecule has 0 radical (unpaired) electrons. The maximum Gasteiger partial charge on any atom is 0.394 e. The standard InChI is InChI=1S/C12H14F3N5/c1-11(2,12(13,14)15)3-4-20-7-10(18-19-20)9-5-16-8-17-6-9/h5-8H,3-4H2,1-2H3. The molecule has 2 rings (SSSR count). The Kier molecular flexibility index (Phi) is 3.74. The Balaban J connectivity index is 2.04. The topological polar surface area (TPSA) is 56.5 Å². The molecule has 108 valence electrons. The number of aryl methyl sites for hydroxylation is 1. The smallest absolute Gasteiger partial charge is 0.252 e. The summed E-state index contributed by atoms with van der Waals surface area (Å²) in [5.41, 5.74) is -0.543. The molecule has 0 amide bonds. The Bertz CT molecular complexity index is 562. The number of hydrogen-bond donors (Lipinski definition) is 0. The van der Waals surface area contributed by atoms with Crippen molar-refractivity contribution in [1.82, 2.24) is 25.0 Å². The molecule has 0 fully saturated rings. The molecule has 0 bridgehead atoms. The third-order valence-electron chi connectivity index (χ3n) is 3.13. The highest BCUT2D eigenvalue weighted by Gasteiger charge is 2.46. The van der Waals surface area contributed by atoms with Crippen LogP contribution in [-0.2, 0) is 6.54 Å². The molecule has 0 saturated carbocycles. The summed E-state index contributed by atoms with van der Waals surface area (Å²) >= 11 is 0. The Morgan fingerprint density at radius 1 is 1.15 bits per heavy atom. The van der Waals surface area contributed by atoms with E-state index in [1.165, 1.54) is 24.9 Å². The lowest BCUT2D eigenvalue weighted by atomic mass is 9.89. The van der Waals surface area contributed by atoms with Gasteiger partial charge in [0.1, 0.15) is 12.0 Å². The van der Waals surface area contributed by atoms with Crippen LogP contribution >= 0.6 is 0 Å². The maximum absolute atomic E-state index is 12.7. The first-order valence-electron chi connectivity index (χ1n) is 6.02. The van der Waals surface area contributed by atoms with Crippen molar-refractivity contribution < 1.29 is 13.2 Å². The van der Waals surface area contributed by atoms with Crippen molar-refractivity contribution in [3.8, 4) is 11.3 Å². The van der Waals surface area contributed by atoms with E-state index in [0.717, 1.165) is 0 Å². The van der Waals surface area contributed by atoms with Gasteiger partial charge in [0, 0.05) is 24.5 Å². The second-order valence-electron chi connectivity index (χ2n) is 5.13. The number of nitrogens with zero attached hydrogens (tertiary/aromatic N) is 5. The molecule has 20 heavy (non-hydrogen) atoms. The summed E-state index contributed by atoms with van der Waals surface area (Å²) in [5, 5.41) is 7.72. The van der Waals surface area contributed by atoms with Crippen molar-refractivity contribution in [2.75, 3.05) is 0 Å². The lowest BCUT2D eigenvalue weighted by molar-refractivity contribution is -0.214. The highest BCUT2D eigenvalue weighted by molar-refractivity contribution is 5.54. The summed E-state index contributed by atoms with van der Waals surface area (Å²) in [6.45, 7) is 2.50. The molecular formula is C12H14F3N5. The predicted molar refractivity (Wildman–Crippen MR) is 65.5 cm³/mol. The minimum absolute atomic E-state index is 0.0649. The Labute approximate surface area is 113 Å². The maximum atomic E-state index is 12.7. The fraction of sp³-hybridized carbons (Fsp3) is 0.500. The average molecular weight is 285 g/mol. The van der Waals surface area contributed by atoms with E-state index in [0.29, 0.717) is 11.3 Å². The van der Waals surface area contributed by atoms with Gasteiger partial charge in [-0.25, -0.2) is 9.97 Å². The number of hydrogen-bond acceptors (Lipinski definition) is 4. The van der Waals surface area contributed by atoms with Crippen molar-refractivity contribution in [2.45, 2.75) is 33.0 Å². The highest BCUT2D eigenvalue weighted by Crippen LogP contribution is 2.40. The zero-order chi connectivity index (χ0) is 14.8. The van der Waals surface area contributed by atoms with Crippen molar-refractivity contribution in [3.63, 3.8) is 0 Å². The average Bonchev–Trinajstić information content (AvgIpc) is 2.85. The van der Waals surface area contributed by atoms with Gasteiger partial charge in [-0.15, -0.1) is 5.10 Å². The van der Waals surface area contributed by atoms with E-state index >= 15 is 0 Å². The van der Waals surface area contributed by atoms with E-state index in [9.17, 15) is 13.2 Å². The molecule has 8 heteroatoms. The molecule has 0 spiro atoms. The molecule has 2 heterocycles. The summed E-state index contributed by atoms with van der Waals surface area (Å²) in [4.78, 5) is 7.70. The molecule has 0 aliphatic heterocycles. The third kappa shape index (κ3) is 3.12. The van der Waals surface area contributed by atoms with E-state index in [1.54, 1.807) is 18.6 Å². The number of rotatable bonds is 4. The van der Waals surface area contributed by atoms with Crippen LogP contribution < -0.4 is 0 Å². The monoisotopic (exact) mass is 285 g/mol. The van der Waals surface area contributed by atoms with Gasteiger partial charge in [-0.3, -0.25) is 4.68 Å². The first-order chi connectivity index (χ1) is 9.29. The molecule has 0 unspecified atom stereocenters. The van der Waals surface area contributed by atoms with E-state index in [-0.39, 0.29) is 13.0 Å². The van der Waals surface area contributed by atoms with Gasteiger partial charge in [-0.2, -0.15) is 13.2 Å². The van der Waals surface area contributed by atoms with Crippen LogP contribution in [0.4, 0.5) is 13.2 Å². The van der Waals surface area contributed by atoms with Crippen LogP contribution in [0.3, 0.4) is 0 Å². The molecule has 0 atom stereocenters. The lowest BCUT2D eigenvalue weighted by Gasteiger charge is -2.27. The quantitative estimate of drug-likeness (QED) is 0.866. The molecule has 0 saturated heterocycles. The van der Waals surface area contributed by atoms with Crippen LogP contribution in [0.1, 0.15) is 20.3 Å². The Morgan fingerprint density at radius 2 is 1.80 bits per heavy atom. The van der Waals surface area contributed by atoms with Gasteiger partial charge in [0.2, 0.25) is 0 Å². The molecule has 0 aromatic carbocycles. The fourth-order valence-corrected chi connectivity index (χ4v) is 1.51. The third-order valence-corrected chi connectivity index (χ3v) is 3.13. The van der Waals surface area contributed by atoms with Crippen molar-refractivity contribution >= 4 is 0 Å². The molecule has 2 aromatic heterocycles. The van der Waals surface area contributed by atoms with Crippen LogP contribution in [-0.4, -0.2) is 31.1 Å². The van der Waals surface area contributed by atoms with Crippen molar-refractivity contribution in [3.05, 3.63) is 24.9 Å². The van der Waals surface area contributed by atoms with Crippen LogP contribution in [0.5, 0.6) is 0 Å². The van der Waals surface area contributed by atoms with Gasteiger partial charge < -0.3 is 0 Å². The summed E-state index contributed by atoms with van der Waals surface area (Å²) in [5.74, 6) is 0. The first kappa shape index (κ1) is 14.4. The van der Waals surface area contributed by atoms with Gasteiger partial charge in [-0.05, 0) is 6.42 Å². The van der Waals surface area contributed by atoms with E-state index in [2.05, 4.69) is 20.3 Å². The summed E-state index contributed by atoms with van der Waals surface area (Å²) < 4.78 is 39.6. The van der Waals surface area contributed by atoms with Gasteiger partial charge in [-0.1, -0.05) is 19.1 Å². The SMILES string of the molecule is CC(C)(CCn1cc(-c2cncnc2)nn1)C(F)(F)F. The predicted octanol–water partition coefficient (Wildman–Crippen LogP) is 2.71. The minimum atomic E-state index is -4.23. The van der Waals surface area contributed by atoms with Crippen molar-refractivity contribution in [2.24, 2.45) is 5.41 Å². The van der Waals surface area contributed by atoms with Gasteiger partial charge >= 0.3 is 6.18 Å².